The molecule has 5 aromatic rings. The smallest absolute Gasteiger partial charge is 0.350 e. The molecule has 0 radical (unpaired) electrons. The minimum atomic E-state index is -1.24. The first-order chi connectivity index (χ1) is 25.3. The van der Waals surface area contributed by atoms with E-state index in [1.165, 1.54) is 34.4 Å². The predicted molar refractivity (Wildman–Crippen MR) is 191 cm³/mol. The van der Waals surface area contributed by atoms with Crippen molar-refractivity contribution in [2.75, 3.05) is 49.2 Å². The second-order valence-corrected chi connectivity index (χ2v) is 14.1. The van der Waals surface area contributed by atoms with E-state index in [9.17, 15) is 4.79 Å². The topological polar surface area (TPSA) is 130 Å². The maximum Gasteiger partial charge on any atom is 0.350 e. The van der Waals surface area contributed by atoms with Gasteiger partial charge in [-0.15, -0.1) is 5.10 Å². The molecule has 1 saturated carbocycles. The fourth-order valence-corrected chi connectivity index (χ4v) is 7.76. The van der Waals surface area contributed by atoms with Crippen molar-refractivity contribution < 1.29 is 18.6 Å². The van der Waals surface area contributed by atoms with Crippen LogP contribution >= 0.6 is 23.2 Å². The summed E-state index contributed by atoms with van der Waals surface area (Å²) in [5.41, 5.74) is 1.36. The van der Waals surface area contributed by atoms with Gasteiger partial charge in [-0.1, -0.05) is 48.5 Å². The number of tetrazole rings is 1. The standard InChI is InChI=1S/C35H37Cl2FN10O4/c36-24-6-9-29(30(37)16-24)35(21-46-22-40-42-43-46)51-20-28(52-35)19-50-27-8-11-33(39-18-27)45-14-12-44(13-15-45)32-10-7-26(17-31(32)38)47-23-41-48(34(47)49)25-4-2-1-3-5-25/h6-11,16-18,22-23,25,28H,1-5,12-15,19-21H2/t28-,35-/m1/s1. The average molecular weight is 752 g/mol. The highest BCUT2D eigenvalue weighted by Crippen LogP contribution is 2.40. The molecular formula is C35H37Cl2FN10O4. The number of ether oxygens (including phenoxy) is 3. The van der Waals surface area contributed by atoms with Gasteiger partial charge in [0.25, 0.3) is 0 Å². The Kier molecular flexibility index (Phi) is 9.83. The Balaban J connectivity index is 0.856. The van der Waals surface area contributed by atoms with Crippen molar-refractivity contribution in [2.45, 2.75) is 56.6 Å². The minimum absolute atomic E-state index is 0.112. The molecule has 17 heteroatoms. The summed E-state index contributed by atoms with van der Waals surface area (Å²) in [4.78, 5) is 21.9. The summed E-state index contributed by atoms with van der Waals surface area (Å²) in [7, 11) is 0. The summed E-state index contributed by atoms with van der Waals surface area (Å²) in [6, 6.07) is 14.0. The van der Waals surface area contributed by atoms with Crippen LogP contribution in [0.25, 0.3) is 5.69 Å². The van der Waals surface area contributed by atoms with Crippen LogP contribution in [0.2, 0.25) is 10.0 Å². The number of nitrogens with zero attached hydrogens (tertiary/aromatic N) is 10. The van der Waals surface area contributed by atoms with Gasteiger partial charge in [-0.25, -0.2) is 28.1 Å². The lowest BCUT2D eigenvalue weighted by atomic mass is 9.96. The fraction of sp³-hybridized carbons (Fsp3) is 0.429. The lowest BCUT2D eigenvalue weighted by Gasteiger charge is -2.36. The SMILES string of the molecule is O=c1n(-c2ccc(N3CCN(c4ccc(OC[C@@H]5CO[C@@](Cn6cnnn6)(c6ccc(Cl)cc6Cl)O5)cn4)CC3)c(F)c2)cnn1C1CCCCC1. The summed E-state index contributed by atoms with van der Waals surface area (Å²) >= 11 is 12.7. The molecule has 3 aliphatic rings. The molecule has 5 heterocycles. The van der Waals surface area contributed by atoms with E-state index >= 15 is 4.39 Å². The first-order valence-electron chi connectivity index (χ1n) is 17.4. The zero-order valence-electron chi connectivity index (χ0n) is 28.2. The van der Waals surface area contributed by atoms with E-state index in [-0.39, 0.29) is 37.3 Å². The van der Waals surface area contributed by atoms with Crippen LogP contribution in [-0.2, 0) is 21.8 Å². The number of halogens is 3. The Bertz CT molecular complexity index is 2050. The maximum absolute atomic E-state index is 15.4. The van der Waals surface area contributed by atoms with Gasteiger partial charge < -0.3 is 24.0 Å². The van der Waals surface area contributed by atoms with Crippen LogP contribution in [0.5, 0.6) is 5.75 Å². The maximum atomic E-state index is 15.4. The third kappa shape index (κ3) is 7.09. The molecule has 0 amide bonds. The Morgan fingerprint density at radius 2 is 1.79 bits per heavy atom. The van der Waals surface area contributed by atoms with Gasteiger partial charge >= 0.3 is 5.69 Å². The number of piperazine rings is 1. The highest BCUT2D eigenvalue weighted by atomic mass is 35.5. The zero-order chi connectivity index (χ0) is 35.7. The molecule has 2 saturated heterocycles. The number of hydrogen-bond donors (Lipinski definition) is 0. The van der Waals surface area contributed by atoms with Crippen LogP contribution in [0.1, 0.15) is 43.7 Å². The number of aromatic nitrogens is 8. The quantitative estimate of drug-likeness (QED) is 0.190. The van der Waals surface area contributed by atoms with Gasteiger partial charge in [0.1, 0.15) is 49.3 Å². The van der Waals surface area contributed by atoms with Crippen molar-refractivity contribution in [1.29, 1.82) is 0 Å². The Morgan fingerprint density at radius 1 is 0.962 bits per heavy atom. The number of benzene rings is 2. The summed E-state index contributed by atoms with van der Waals surface area (Å²) in [5.74, 6) is -0.226. The third-order valence-corrected chi connectivity index (χ3v) is 10.4. The van der Waals surface area contributed by atoms with Gasteiger partial charge in [-0.05, 0) is 59.7 Å². The van der Waals surface area contributed by atoms with Gasteiger partial charge in [0.05, 0.1) is 35.2 Å². The average Bonchev–Trinajstić information content (AvgIpc) is 3.92. The largest absolute Gasteiger partial charge is 0.489 e. The van der Waals surface area contributed by atoms with E-state index in [2.05, 4.69) is 30.5 Å². The highest BCUT2D eigenvalue weighted by molar-refractivity contribution is 6.35. The van der Waals surface area contributed by atoms with E-state index in [1.807, 2.05) is 17.0 Å². The lowest BCUT2D eigenvalue weighted by molar-refractivity contribution is -0.190. The number of pyridine rings is 1. The molecular weight excluding hydrogens is 714 g/mol. The van der Waals surface area contributed by atoms with Gasteiger partial charge in [0.15, 0.2) is 0 Å². The molecule has 2 atom stereocenters. The van der Waals surface area contributed by atoms with Crippen LogP contribution in [0.3, 0.4) is 0 Å². The predicted octanol–water partition coefficient (Wildman–Crippen LogP) is 5.04. The number of anilines is 2. The van der Waals surface area contributed by atoms with Crippen LogP contribution in [-0.4, -0.2) is 85.0 Å². The number of hydrogen-bond acceptors (Lipinski definition) is 11. The summed E-state index contributed by atoms with van der Waals surface area (Å²) in [6.45, 7) is 3.18. The Hall–Kier alpha value is -4.57. The molecule has 0 N–H and O–H groups in total. The second-order valence-electron chi connectivity index (χ2n) is 13.2. The Labute approximate surface area is 308 Å². The van der Waals surface area contributed by atoms with E-state index in [0.717, 1.165) is 31.5 Å². The molecule has 0 spiro atoms. The zero-order valence-corrected chi connectivity index (χ0v) is 29.7. The Morgan fingerprint density at radius 3 is 2.52 bits per heavy atom. The molecule has 0 unspecified atom stereocenters. The van der Waals surface area contributed by atoms with Crippen molar-refractivity contribution in [3.05, 3.63) is 99.3 Å². The van der Waals surface area contributed by atoms with Gasteiger partial charge in [0, 0.05) is 42.8 Å². The van der Waals surface area contributed by atoms with E-state index in [0.29, 0.717) is 58.9 Å². The molecule has 272 valence electrons. The van der Waals surface area contributed by atoms with Crippen molar-refractivity contribution in [3.8, 4) is 11.4 Å². The van der Waals surface area contributed by atoms with E-state index in [1.54, 1.807) is 41.2 Å². The van der Waals surface area contributed by atoms with Gasteiger partial charge in [0.2, 0.25) is 5.79 Å². The molecule has 2 aromatic carbocycles. The molecule has 3 aromatic heterocycles. The van der Waals surface area contributed by atoms with Crippen LogP contribution in [0, 0.1) is 5.82 Å². The van der Waals surface area contributed by atoms with Crippen molar-refractivity contribution >= 4 is 34.7 Å². The second kappa shape index (κ2) is 14.8. The van der Waals surface area contributed by atoms with Gasteiger partial charge in [-0.3, -0.25) is 0 Å². The van der Waals surface area contributed by atoms with E-state index < -0.39 is 11.9 Å². The van der Waals surface area contributed by atoms with Crippen molar-refractivity contribution in [2.24, 2.45) is 0 Å². The summed E-state index contributed by atoms with van der Waals surface area (Å²) < 4.78 is 38.6. The first-order valence-corrected chi connectivity index (χ1v) is 18.1. The van der Waals surface area contributed by atoms with Crippen LogP contribution in [0.4, 0.5) is 15.9 Å². The molecule has 8 rings (SSSR count). The van der Waals surface area contributed by atoms with Crippen molar-refractivity contribution in [1.82, 2.24) is 39.5 Å². The molecule has 14 nitrogen and oxygen atoms in total. The highest BCUT2D eigenvalue weighted by Gasteiger charge is 2.46. The van der Waals surface area contributed by atoms with Crippen molar-refractivity contribution in [3.63, 3.8) is 0 Å². The monoisotopic (exact) mass is 750 g/mol. The molecule has 3 fully saturated rings. The number of rotatable bonds is 10. The first kappa shape index (κ1) is 34.5. The molecule has 2 aliphatic heterocycles. The van der Waals surface area contributed by atoms with Gasteiger partial charge in [-0.2, -0.15) is 5.10 Å². The normalized spacial score (nSPS) is 21.2. The van der Waals surface area contributed by atoms with Crippen LogP contribution in [0.15, 0.2) is 72.2 Å². The summed E-state index contributed by atoms with van der Waals surface area (Å²) in [6.07, 6.45) is 9.52. The third-order valence-electron chi connectivity index (χ3n) is 9.89. The minimum Gasteiger partial charge on any atom is -0.489 e. The van der Waals surface area contributed by atoms with E-state index in [4.69, 9.17) is 37.4 Å². The lowest BCUT2D eigenvalue weighted by Crippen LogP contribution is -2.47. The summed E-state index contributed by atoms with van der Waals surface area (Å²) in [5, 5.41) is 16.6. The fourth-order valence-electron chi connectivity index (χ4n) is 7.20. The molecule has 52 heavy (non-hydrogen) atoms. The molecule has 0 bridgehead atoms. The molecule has 1 aliphatic carbocycles. The van der Waals surface area contributed by atoms with Crippen LogP contribution < -0.4 is 20.2 Å².